The van der Waals surface area contributed by atoms with E-state index in [4.69, 9.17) is 4.74 Å². The molecule has 0 fully saturated rings. The minimum Gasteiger partial charge on any atom is -0.496 e. The molecule has 0 aromatic heterocycles. The number of ether oxygens (including phenoxy) is 1. The van der Waals surface area contributed by atoms with Gasteiger partial charge in [-0.05, 0) is 55.3 Å². The summed E-state index contributed by atoms with van der Waals surface area (Å²) in [6, 6.07) is 22.5. The smallest absolute Gasteiger partial charge is 0.264 e. The van der Waals surface area contributed by atoms with Crippen molar-refractivity contribution in [1.82, 2.24) is 5.32 Å². The zero-order chi connectivity index (χ0) is 22.4. The minimum atomic E-state index is -3.98. The molecule has 7 heteroatoms. The first kappa shape index (κ1) is 22.4. The molecule has 0 aliphatic carbocycles. The molecular formula is C24H26N2O4S. The summed E-state index contributed by atoms with van der Waals surface area (Å²) in [6.45, 7) is 3.30. The Bertz CT molecular complexity index is 1130. The molecule has 0 heterocycles. The van der Waals surface area contributed by atoms with Crippen LogP contribution in [-0.4, -0.2) is 28.0 Å². The van der Waals surface area contributed by atoms with Gasteiger partial charge in [0.1, 0.15) is 12.3 Å². The number of anilines is 1. The van der Waals surface area contributed by atoms with Gasteiger partial charge in [-0.15, -0.1) is 0 Å². The third-order valence-corrected chi connectivity index (χ3v) is 6.73. The van der Waals surface area contributed by atoms with Crippen LogP contribution in [0.5, 0.6) is 5.75 Å². The van der Waals surface area contributed by atoms with E-state index in [0.29, 0.717) is 17.0 Å². The lowest BCUT2D eigenvalue weighted by atomic mass is 10.1. The summed E-state index contributed by atoms with van der Waals surface area (Å²) in [4.78, 5) is 12.9. The SMILES string of the molecule is COc1ccc(S(=O)(=O)N(CC(=O)NC(C)c2ccccc2)c2ccccc2)cc1C. The molecule has 0 saturated heterocycles. The molecule has 0 saturated carbocycles. The van der Waals surface area contributed by atoms with Crippen molar-refractivity contribution in [2.24, 2.45) is 0 Å². The predicted molar refractivity (Wildman–Crippen MR) is 122 cm³/mol. The summed E-state index contributed by atoms with van der Waals surface area (Å²) >= 11 is 0. The van der Waals surface area contributed by atoms with Crippen LogP contribution in [0.4, 0.5) is 5.69 Å². The number of amides is 1. The Morgan fingerprint density at radius 2 is 1.61 bits per heavy atom. The number of aryl methyl sites for hydroxylation is 1. The van der Waals surface area contributed by atoms with Gasteiger partial charge in [0.05, 0.1) is 23.7 Å². The van der Waals surface area contributed by atoms with Gasteiger partial charge in [0.15, 0.2) is 0 Å². The van der Waals surface area contributed by atoms with Crippen molar-refractivity contribution < 1.29 is 17.9 Å². The molecule has 1 amide bonds. The first-order valence-corrected chi connectivity index (χ1v) is 11.3. The average Bonchev–Trinajstić information content (AvgIpc) is 2.78. The lowest BCUT2D eigenvalue weighted by Crippen LogP contribution is -2.41. The first-order valence-electron chi connectivity index (χ1n) is 9.89. The van der Waals surface area contributed by atoms with Crippen LogP contribution in [0.3, 0.4) is 0 Å². The molecule has 31 heavy (non-hydrogen) atoms. The van der Waals surface area contributed by atoms with E-state index in [0.717, 1.165) is 9.87 Å². The molecular weight excluding hydrogens is 412 g/mol. The maximum Gasteiger partial charge on any atom is 0.264 e. The second-order valence-corrected chi connectivity index (χ2v) is 9.04. The van der Waals surface area contributed by atoms with E-state index in [1.54, 1.807) is 49.4 Å². The highest BCUT2D eigenvalue weighted by Crippen LogP contribution is 2.27. The molecule has 0 aliphatic rings. The summed E-state index contributed by atoms with van der Waals surface area (Å²) in [6.07, 6.45) is 0. The quantitative estimate of drug-likeness (QED) is 0.575. The monoisotopic (exact) mass is 438 g/mol. The van der Waals surface area contributed by atoms with Crippen molar-refractivity contribution in [2.75, 3.05) is 18.0 Å². The van der Waals surface area contributed by atoms with Gasteiger partial charge in [-0.2, -0.15) is 0 Å². The number of methoxy groups -OCH3 is 1. The highest BCUT2D eigenvalue weighted by atomic mass is 32.2. The molecule has 1 unspecified atom stereocenters. The fourth-order valence-corrected chi connectivity index (χ4v) is 4.80. The van der Waals surface area contributed by atoms with E-state index in [2.05, 4.69) is 5.32 Å². The van der Waals surface area contributed by atoms with Crippen molar-refractivity contribution in [2.45, 2.75) is 24.8 Å². The van der Waals surface area contributed by atoms with E-state index in [-0.39, 0.29) is 17.5 Å². The number of sulfonamides is 1. The fraction of sp³-hybridized carbons (Fsp3) is 0.208. The van der Waals surface area contributed by atoms with Crippen LogP contribution in [0.2, 0.25) is 0 Å². The Morgan fingerprint density at radius 3 is 2.19 bits per heavy atom. The van der Waals surface area contributed by atoms with Gasteiger partial charge in [0, 0.05) is 0 Å². The zero-order valence-electron chi connectivity index (χ0n) is 17.8. The minimum absolute atomic E-state index is 0.0959. The molecule has 0 radical (unpaired) electrons. The van der Waals surface area contributed by atoms with Crippen LogP contribution in [0.25, 0.3) is 0 Å². The molecule has 0 bridgehead atoms. The molecule has 3 aromatic rings. The van der Waals surface area contributed by atoms with Gasteiger partial charge < -0.3 is 10.1 Å². The largest absolute Gasteiger partial charge is 0.496 e. The normalized spacial score (nSPS) is 12.1. The summed E-state index contributed by atoms with van der Waals surface area (Å²) in [5.74, 6) is 0.202. The van der Waals surface area contributed by atoms with Crippen molar-refractivity contribution in [1.29, 1.82) is 0 Å². The number of nitrogens with one attached hydrogen (secondary N) is 1. The highest BCUT2D eigenvalue weighted by molar-refractivity contribution is 7.92. The van der Waals surface area contributed by atoms with Crippen LogP contribution in [-0.2, 0) is 14.8 Å². The van der Waals surface area contributed by atoms with Crippen molar-refractivity contribution >= 4 is 21.6 Å². The summed E-state index contributed by atoms with van der Waals surface area (Å²) in [7, 11) is -2.45. The number of nitrogens with zero attached hydrogens (tertiary/aromatic N) is 1. The Morgan fingerprint density at radius 1 is 1.00 bits per heavy atom. The second-order valence-electron chi connectivity index (χ2n) is 7.18. The third-order valence-electron chi connectivity index (χ3n) is 4.96. The van der Waals surface area contributed by atoms with E-state index < -0.39 is 15.9 Å². The van der Waals surface area contributed by atoms with Gasteiger partial charge in [0.25, 0.3) is 10.0 Å². The Labute approximate surface area is 183 Å². The molecule has 0 aliphatic heterocycles. The van der Waals surface area contributed by atoms with Crippen molar-refractivity contribution in [3.63, 3.8) is 0 Å². The Hall–Kier alpha value is -3.32. The molecule has 1 atom stereocenters. The topological polar surface area (TPSA) is 75.7 Å². The third kappa shape index (κ3) is 5.24. The van der Waals surface area contributed by atoms with Crippen LogP contribution in [0, 0.1) is 6.92 Å². The number of carbonyl (C=O) groups is 1. The van der Waals surface area contributed by atoms with E-state index in [1.165, 1.54) is 13.2 Å². The highest BCUT2D eigenvalue weighted by Gasteiger charge is 2.28. The van der Waals surface area contributed by atoms with Crippen molar-refractivity contribution in [3.05, 3.63) is 90.0 Å². The predicted octanol–water partition coefficient (Wildman–Crippen LogP) is 4.08. The Balaban J connectivity index is 1.90. The average molecular weight is 439 g/mol. The van der Waals surface area contributed by atoms with Crippen LogP contribution < -0.4 is 14.4 Å². The molecule has 6 nitrogen and oxygen atoms in total. The molecule has 1 N–H and O–H groups in total. The summed E-state index contributed by atoms with van der Waals surface area (Å²) in [5.41, 5.74) is 2.05. The zero-order valence-corrected chi connectivity index (χ0v) is 18.6. The number of carbonyl (C=O) groups excluding carboxylic acids is 1. The molecule has 162 valence electrons. The number of para-hydroxylation sites is 1. The van der Waals surface area contributed by atoms with Gasteiger partial charge in [-0.1, -0.05) is 48.5 Å². The number of hydrogen-bond donors (Lipinski definition) is 1. The van der Waals surface area contributed by atoms with Crippen LogP contribution >= 0.6 is 0 Å². The summed E-state index contributed by atoms with van der Waals surface area (Å²) in [5, 5.41) is 2.88. The Kier molecular flexibility index (Phi) is 6.97. The van der Waals surface area contributed by atoms with Gasteiger partial charge in [-0.25, -0.2) is 8.42 Å². The van der Waals surface area contributed by atoms with E-state index in [9.17, 15) is 13.2 Å². The maximum atomic E-state index is 13.5. The lowest BCUT2D eigenvalue weighted by molar-refractivity contribution is -0.120. The number of hydrogen-bond acceptors (Lipinski definition) is 4. The molecule has 3 aromatic carbocycles. The van der Waals surface area contributed by atoms with E-state index >= 15 is 0 Å². The van der Waals surface area contributed by atoms with Crippen LogP contribution in [0.15, 0.2) is 83.8 Å². The number of benzene rings is 3. The summed E-state index contributed by atoms with van der Waals surface area (Å²) < 4.78 is 33.3. The van der Waals surface area contributed by atoms with E-state index in [1.807, 2.05) is 37.3 Å². The first-order chi connectivity index (χ1) is 14.8. The number of rotatable bonds is 8. The molecule has 3 rings (SSSR count). The maximum absolute atomic E-state index is 13.5. The van der Waals surface area contributed by atoms with Gasteiger partial charge >= 0.3 is 0 Å². The fourth-order valence-electron chi connectivity index (χ4n) is 3.29. The van der Waals surface area contributed by atoms with Crippen molar-refractivity contribution in [3.8, 4) is 5.75 Å². The van der Waals surface area contributed by atoms with Crippen LogP contribution in [0.1, 0.15) is 24.1 Å². The molecule has 0 spiro atoms. The second kappa shape index (κ2) is 9.66. The lowest BCUT2D eigenvalue weighted by Gasteiger charge is -2.25. The van der Waals surface area contributed by atoms with Gasteiger partial charge in [-0.3, -0.25) is 9.10 Å². The standard InChI is InChI=1S/C24H26N2O4S/c1-18-16-22(14-15-23(18)30-3)31(28,29)26(21-12-8-5-9-13-21)17-24(27)25-19(2)20-10-6-4-7-11-20/h4-16,19H,17H2,1-3H3,(H,25,27). The van der Waals surface area contributed by atoms with Gasteiger partial charge in [0.2, 0.25) is 5.91 Å².